The summed E-state index contributed by atoms with van der Waals surface area (Å²) in [6.07, 6.45) is 0. The van der Waals surface area contributed by atoms with Crippen LogP contribution >= 0.6 is 23.2 Å². The Balaban J connectivity index is 2.18. The van der Waals surface area contributed by atoms with Crippen LogP contribution in [0.2, 0.25) is 10.0 Å². The van der Waals surface area contributed by atoms with Gasteiger partial charge in [-0.2, -0.15) is 8.78 Å². The smallest absolute Gasteiger partial charge is 0.387 e. The Morgan fingerprint density at radius 1 is 1.14 bits per heavy atom. The first-order valence-electron chi connectivity index (χ1n) is 6.19. The molecule has 1 N–H and O–H groups in total. The van der Waals surface area contributed by atoms with Crippen LogP contribution in [0.1, 0.15) is 11.1 Å². The van der Waals surface area contributed by atoms with Gasteiger partial charge in [0.25, 0.3) is 0 Å². The average molecular weight is 332 g/mol. The third-order valence-electron chi connectivity index (χ3n) is 2.83. The van der Waals surface area contributed by atoms with E-state index in [1.807, 2.05) is 19.1 Å². The maximum Gasteiger partial charge on any atom is 0.387 e. The number of anilines is 1. The summed E-state index contributed by atoms with van der Waals surface area (Å²) in [5.74, 6) is 0.0886. The molecule has 112 valence electrons. The predicted octanol–water partition coefficient (Wildman–Crippen LogP) is 5.52. The first-order valence-corrected chi connectivity index (χ1v) is 6.94. The van der Waals surface area contributed by atoms with E-state index in [0.29, 0.717) is 15.6 Å². The van der Waals surface area contributed by atoms with E-state index in [9.17, 15) is 8.78 Å². The van der Waals surface area contributed by atoms with Crippen LogP contribution in [0, 0.1) is 6.92 Å². The van der Waals surface area contributed by atoms with Crippen LogP contribution in [0.25, 0.3) is 0 Å². The summed E-state index contributed by atoms with van der Waals surface area (Å²) in [6.45, 7) is -0.676. The standard InChI is InChI=1S/C15H13Cl2F2NO/c1-9-2-4-12(17)13(6-9)20-8-10-7-11(16)3-5-14(10)21-15(18)19/h2-7,15,20H,8H2,1H3. The normalized spacial score (nSPS) is 10.8. The van der Waals surface area contributed by atoms with E-state index in [2.05, 4.69) is 10.1 Å². The Morgan fingerprint density at radius 3 is 2.62 bits per heavy atom. The molecule has 2 nitrogen and oxygen atoms in total. The van der Waals surface area contributed by atoms with Gasteiger partial charge in [0.05, 0.1) is 10.7 Å². The van der Waals surface area contributed by atoms with Crippen LogP contribution in [-0.4, -0.2) is 6.61 Å². The molecule has 0 aliphatic heterocycles. The van der Waals surface area contributed by atoms with Crippen LogP contribution in [-0.2, 0) is 6.54 Å². The summed E-state index contributed by atoms with van der Waals surface area (Å²) in [5.41, 5.74) is 2.29. The number of ether oxygens (including phenoxy) is 1. The van der Waals surface area contributed by atoms with Crippen molar-refractivity contribution in [1.29, 1.82) is 0 Å². The second-order valence-electron chi connectivity index (χ2n) is 4.47. The average Bonchev–Trinajstić information content (AvgIpc) is 2.42. The van der Waals surface area contributed by atoms with E-state index in [-0.39, 0.29) is 12.3 Å². The molecule has 2 aromatic carbocycles. The molecule has 0 atom stereocenters. The largest absolute Gasteiger partial charge is 0.434 e. The zero-order valence-corrected chi connectivity index (χ0v) is 12.7. The van der Waals surface area contributed by atoms with Crippen molar-refractivity contribution < 1.29 is 13.5 Å². The summed E-state index contributed by atoms with van der Waals surface area (Å²) in [5, 5.41) is 4.10. The van der Waals surface area contributed by atoms with E-state index in [1.54, 1.807) is 12.1 Å². The Labute approximate surface area is 131 Å². The molecule has 0 bridgehead atoms. The molecule has 21 heavy (non-hydrogen) atoms. The third-order valence-corrected chi connectivity index (χ3v) is 3.39. The molecule has 0 aliphatic rings. The lowest BCUT2D eigenvalue weighted by Gasteiger charge is -2.13. The predicted molar refractivity (Wildman–Crippen MR) is 81.6 cm³/mol. The minimum Gasteiger partial charge on any atom is -0.434 e. The van der Waals surface area contributed by atoms with Gasteiger partial charge < -0.3 is 10.1 Å². The van der Waals surface area contributed by atoms with Gasteiger partial charge in [0.2, 0.25) is 0 Å². The lowest BCUT2D eigenvalue weighted by atomic mass is 10.2. The highest BCUT2D eigenvalue weighted by atomic mass is 35.5. The van der Waals surface area contributed by atoms with Crippen molar-refractivity contribution in [3.8, 4) is 5.75 Å². The molecule has 0 spiro atoms. The molecule has 0 radical (unpaired) electrons. The molecular formula is C15H13Cl2F2NO. The van der Waals surface area contributed by atoms with E-state index in [0.717, 1.165) is 11.3 Å². The van der Waals surface area contributed by atoms with Gasteiger partial charge in [-0.15, -0.1) is 0 Å². The summed E-state index contributed by atoms with van der Waals surface area (Å²) in [4.78, 5) is 0. The van der Waals surface area contributed by atoms with Crippen molar-refractivity contribution in [1.82, 2.24) is 0 Å². The highest BCUT2D eigenvalue weighted by Crippen LogP contribution is 2.28. The molecule has 0 unspecified atom stereocenters. The fraction of sp³-hybridized carbons (Fsp3) is 0.200. The first kappa shape index (κ1) is 15.9. The topological polar surface area (TPSA) is 21.3 Å². The molecule has 2 aromatic rings. The van der Waals surface area contributed by atoms with Crippen molar-refractivity contribution >= 4 is 28.9 Å². The fourth-order valence-corrected chi connectivity index (χ4v) is 2.24. The van der Waals surface area contributed by atoms with Crippen LogP contribution < -0.4 is 10.1 Å². The highest BCUT2D eigenvalue weighted by molar-refractivity contribution is 6.33. The van der Waals surface area contributed by atoms with Gasteiger partial charge in [-0.05, 0) is 42.8 Å². The Hall–Kier alpha value is -1.52. The number of halogens is 4. The maximum atomic E-state index is 12.4. The zero-order valence-electron chi connectivity index (χ0n) is 11.2. The minimum absolute atomic E-state index is 0.0886. The molecule has 0 fully saturated rings. The SMILES string of the molecule is Cc1ccc(Cl)c(NCc2cc(Cl)ccc2OC(F)F)c1. The first-order chi connectivity index (χ1) is 9.95. The number of hydrogen-bond acceptors (Lipinski definition) is 2. The number of hydrogen-bond donors (Lipinski definition) is 1. The van der Waals surface area contributed by atoms with Gasteiger partial charge in [0.15, 0.2) is 0 Å². The van der Waals surface area contributed by atoms with E-state index >= 15 is 0 Å². The Bertz CT molecular complexity index is 635. The lowest BCUT2D eigenvalue weighted by molar-refractivity contribution is -0.0504. The van der Waals surface area contributed by atoms with Crippen molar-refractivity contribution in [2.24, 2.45) is 0 Å². The lowest BCUT2D eigenvalue weighted by Crippen LogP contribution is -2.07. The summed E-state index contributed by atoms with van der Waals surface area (Å²) < 4.78 is 29.2. The van der Waals surface area contributed by atoms with Gasteiger partial charge >= 0.3 is 6.61 Å². The van der Waals surface area contributed by atoms with E-state index in [4.69, 9.17) is 23.2 Å². The molecule has 0 amide bonds. The van der Waals surface area contributed by atoms with Gasteiger partial charge in [-0.3, -0.25) is 0 Å². The van der Waals surface area contributed by atoms with Gasteiger partial charge in [0, 0.05) is 17.1 Å². The molecule has 0 aromatic heterocycles. The van der Waals surface area contributed by atoms with Crippen molar-refractivity contribution in [3.05, 3.63) is 57.6 Å². The van der Waals surface area contributed by atoms with Crippen LogP contribution in [0.15, 0.2) is 36.4 Å². The maximum absolute atomic E-state index is 12.4. The molecule has 0 saturated carbocycles. The van der Waals surface area contributed by atoms with Crippen molar-refractivity contribution in [2.45, 2.75) is 20.1 Å². The summed E-state index contributed by atoms with van der Waals surface area (Å²) >= 11 is 12.0. The molecule has 0 heterocycles. The second-order valence-corrected chi connectivity index (χ2v) is 5.31. The highest BCUT2D eigenvalue weighted by Gasteiger charge is 2.11. The molecule has 0 aliphatic carbocycles. The third kappa shape index (κ3) is 4.48. The summed E-state index contributed by atoms with van der Waals surface area (Å²) in [6, 6.07) is 10.0. The second kappa shape index (κ2) is 6.96. The van der Waals surface area contributed by atoms with E-state index < -0.39 is 6.61 Å². The molecule has 0 saturated heterocycles. The Morgan fingerprint density at radius 2 is 1.90 bits per heavy atom. The fourth-order valence-electron chi connectivity index (χ4n) is 1.86. The van der Waals surface area contributed by atoms with Crippen LogP contribution in [0.4, 0.5) is 14.5 Å². The van der Waals surface area contributed by atoms with Gasteiger partial charge in [-0.25, -0.2) is 0 Å². The number of rotatable bonds is 5. The monoisotopic (exact) mass is 331 g/mol. The van der Waals surface area contributed by atoms with Crippen LogP contribution in [0.3, 0.4) is 0 Å². The van der Waals surface area contributed by atoms with Gasteiger partial charge in [-0.1, -0.05) is 29.3 Å². The number of benzene rings is 2. The van der Waals surface area contributed by atoms with E-state index in [1.165, 1.54) is 12.1 Å². The van der Waals surface area contributed by atoms with Crippen molar-refractivity contribution in [2.75, 3.05) is 5.32 Å². The zero-order chi connectivity index (χ0) is 15.4. The summed E-state index contributed by atoms with van der Waals surface area (Å²) in [7, 11) is 0. The van der Waals surface area contributed by atoms with Crippen molar-refractivity contribution in [3.63, 3.8) is 0 Å². The Kier molecular flexibility index (Phi) is 5.26. The minimum atomic E-state index is -2.88. The number of nitrogens with one attached hydrogen (secondary N) is 1. The van der Waals surface area contributed by atoms with Crippen LogP contribution in [0.5, 0.6) is 5.75 Å². The number of alkyl halides is 2. The van der Waals surface area contributed by atoms with Gasteiger partial charge in [0.1, 0.15) is 5.75 Å². The molecule has 6 heteroatoms. The number of aryl methyl sites for hydroxylation is 1. The molecule has 2 rings (SSSR count). The quantitative estimate of drug-likeness (QED) is 0.779. The molecular weight excluding hydrogens is 319 g/mol.